The van der Waals surface area contributed by atoms with Gasteiger partial charge in [-0.25, -0.2) is 0 Å². The third-order valence-electron chi connectivity index (χ3n) is 8.88. The number of hydrogen-bond acceptors (Lipinski definition) is 15. The molecule has 2 aromatic carbocycles. The molecule has 6 amide bonds. The van der Waals surface area contributed by atoms with Crippen LogP contribution in [0.5, 0.6) is 0 Å². The van der Waals surface area contributed by atoms with E-state index in [1.165, 1.54) is 0 Å². The molecule has 27 heteroatoms. The third kappa shape index (κ3) is 11.9. The van der Waals surface area contributed by atoms with Gasteiger partial charge in [-0.1, -0.05) is 0 Å². The summed E-state index contributed by atoms with van der Waals surface area (Å²) in [6.45, 7) is -7.63. The van der Waals surface area contributed by atoms with Gasteiger partial charge in [0.2, 0.25) is 12.8 Å². The lowest BCUT2D eigenvalue weighted by Gasteiger charge is -2.36. The molecule has 0 aliphatic rings. The van der Waals surface area contributed by atoms with E-state index in [0.29, 0.717) is 0 Å². The highest BCUT2D eigenvalue weighted by Crippen LogP contribution is 2.40. The van der Waals surface area contributed by atoms with Crippen LogP contribution in [0.4, 0.5) is 11.4 Å². The Bertz CT molecular complexity index is 1760. The van der Waals surface area contributed by atoms with E-state index in [1.807, 2.05) is 0 Å². The van der Waals surface area contributed by atoms with Crippen LogP contribution in [0.1, 0.15) is 41.4 Å². The lowest BCUT2D eigenvalue weighted by molar-refractivity contribution is -0.108. The summed E-state index contributed by atoms with van der Waals surface area (Å²) in [6.07, 6.45) is -1.14. The summed E-state index contributed by atoms with van der Waals surface area (Å²) < 4.78 is 0.0942. The summed E-state index contributed by atoms with van der Waals surface area (Å²) in [5.74, 6) is -4.02. The van der Waals surface area contributed by atoms with Crippen LogP contribution in [0.3, 0.4) is 0 Å². The summed E-state index contributed by atoms with van der Waals surface area (Å²) in [4.78, 5) is 83.4. The molecule has 13 N–H and O–H groups in total. The van der Waals surface area contributed by atoms with Crippen LogP contribution >= 0.6 is 136 Å². The molecule has 21 nitrogen and oxygen atoms in total. The number of benzene rings is 2. The van der Waals surface area contributed by atoms with E-state index < -0.39 is 120 Å². The summed E-state index contributed by atoms with van der Waals surface area (Å²) >= 11 is 10.2. The molecule has 334 valence electrons. The topological polar surface area (TPSA) is 349 Å². The Hall–Kier alpha value is -0.720. The average molecular weight is 1520 g/mol. The fraction of sp³-hybridized carbons (Fsp3) is 0.455. The standard InChI is InChI=1S/C33H40I6N6O15/c34-22-18(30(40)57)24(36)28(26(38)20(22)32(59)44(13(3-46)4-47)14(5-48)6-49)42(11-54)1-17(56)2-43(12-55)29-25(37)19(31(41)58)23(35)21(27(29)39)33(60)45(15(7-50)8-51)16(9-52)10-53/h11-17,46-53,56H,1-10H2,(H2,40,57)(H2,41,58). The molecule has 0 spiro atoms. The smallest absolute Gasteiger partial charge is 0.256 e. The monoisotopic (exact) mass is 1520 g/mol. The maximum absolute atomic E-state index is 14.2. The van der Waals surface area contributed by atoms with Crippen LogP contribution in [-0.2, 0) is 9.59 Å². The molecule has 0 saturated heterocycles. The Kier molecular flexibility index (Phi) is 23.7. The molecule has 0 saturated carbocycles. The number of hydrogen-bond donors (Lipinski definition) is 11. The number of nitrogens with two attached hydrogens (primary N) is 2. The second kappa shape index (κ2) is 25.7. The van der Waals surface area contributed by atoms with Gasteiger partial charge in [0, 0.05) is 7.14 Å². The number of aliphatic hydroxyl groups excluding tert-OH is 9. The van der Waals surface area contributed by atoms with Gasteiger partial charge in [0.05, 0.1) is 144 Å². The number of halogens is 6. The van der Waals surface area contributed by atoms with Crippen LogP contribution < -0.4 is 21.3 Å². The number of amides is 6. The van der Waals surface area contributed by atoms with E-state index >= 15 is 0 Å². The number of aliphatic hydroxyl groups is 9. The van der Waals surface area contributed by atoms with Gasteiger partial charge in [-0.05, 0) is 136 Å². The summed E-state index contributed by atoms with van der Waals surface area (Å²) in [5, 5.41) is 91.3. The fourth-order valence-corrected chi connectivity index (χ4v) is 15.5. The van der Waals surface area contributed by atoms with E-state index in [9.17, 15) is 74.7 Å². The molecule has 0 aliphatic carbocycles. The highest BCUT2D eigenvalue weighted by atomic mass is 127. The highest BCUT2D eigenvalue weighted by molar-refractivity contribution is 14.1. The lowest BCUT2D eigenvalue weighted by atomic mass is 10.0. The fourth-order valence-electron chi connectivity index (χ4n) is 5.95. The molecule has 0 bridgehead atoms. The summed E-state index contributed by atoms with van der Waals surface area (Å²) in [5.41, 5.74) is 10.3. The van der Waals surface area contributed by atoms with Gasteiger partial charge in [0.1, 0.15) is 0 Å². The number of carbonyl (C=O) groups is 6. The molecule has 0 heterocycles. The van der Waals surface area contributed by atoms with Crippen molar-refractivity contribution in [2.45, 2.75) is 30.3 Å². The molecule has 2 aromatic rings. The van der Waals surface area contributed by atoms with E-state index in [1.54, 1.807) is 136 Å². The van der Waals surface area contributed by atoms with E-state index in [-0.39, 0.29) is 67.9 Å². The Morgan fingerprint density at radius 1 is 0.467 bits per heavy atom. The maximum atomic E-state index is 14.2. The van der Waals surface area contributed by atoms with Crippen LogP contribution in [-0.4, -0.2) is 188 Å². The Labute approximate surface area is 424 Å². The quantitative estimate of drug-likeness (QED) is 0.0393. The second-order valence-corrected chi connectivity index (χ2v) is 19.0. The third-order valence-corrected chi connectivity index (χ3v) is 15.2. The number of carbonyl (C=O) groups excluding carboxylic acids is 6. The molecule has 0 unspecified atom stereocenters. The minimum atomic E-state index is -1.67. The molecular formula is C33H40I6N6O15. The zero-order chi connectivity index (χ0) is 45.9. The predicted octanol–water partition coefficient (Wildman–Crippen LogP) is -2.20. The Balaban J connectivity index is 2.85. The van der Waals surface area contributed by atoms with Gasteiger partial charge in [-0.3, -0.25) is 28.8 Å². The molecule has 60 heavy (non-hydrogen) atoms. The summed E-state index contributed by atoms with van der Waals surface area (Å²) in [6, 6.07) is -5.32. The van der Waals surface area contributed by atoms with Crippen molar-refractivity contribution in [3.8, 4) is 0 Å². The predicted molar refractivity (Wildman–Crippen MR) is 263 cm³/mol. The van der Waals surface area contributed by atoms with Gasteiger partial charge in [-0.2, -0.15) is 0 Å². The van der Waals surface area contributed by atoms with E-state index in [4.69, 9.17) is 11.5 Å². The Morgan fingerprint density at radius 2 is 0.700 bits per heavy atom. The molecule has 0 radical (unpaired) electrons. The van der Waals surface area contributed by atoms with Crippen molar-refractivity contribution in [1.29, 1.82) is 0 Å². The molecule has 0 aliphatic heterocycles. The van der Waals surface area contributed by atoms with Gasteiger partial charge < -0.3 is 77.0 Å². The van der Waals surface area contributed by atoms with Crippen LogP contribution in [0.25, 0.3) is 0 Å². The first kappa shape index (κ1) is 55.4. The maximum Gasteiger partial charge on any atom is 0.256 e. The van der Waals surface area contributed by atoms with Crippen molar-refractivity contribution in [3.63, 3.8) is 0 Å². The highest BCUT2D eigenvalue weighted by Gasteiger charge is 2.39. The number of nitrogens with zero attached hydrogens (tertiary/aromatic N) is 4. The first-order valence-electron chi connectivity index (χ1n) is 16.9. The average Bonchev–Trinajstić information content (AvgIpc) is 3.19. The van der Waals surface area contributed by atoms with Crippen molar-refractivity contribution in [2.75, 3.05) is 75.7 Å². The van der Waals surface area contributed by atoms with Gasteiger partial charge in [-0.15, -0.1) is 0 Å². The zero-order valence-corrected chi connectivity index (χ0v) is 43.7. The van der Waals surface area contributed by atoms with E-state index in [2.05, 4.69) is 0 Å². The molecule has 0 fully saturated rings. The van der Waals surface area contributed by atoms with Crippen molar-refractivity contribution in [2.24, 2.45) is 11.5 Å². The Morgan fingerprint density at radius 3 is 0.900 bits per heavy atom. The summed E-state index contributed by atoms with van der Waals surface area (Å²) in [7, 11) is 0. The molecular weight excluding hydrogens is 1480 g/mol. The second-order valence-electron chi connectivity index (χ2n) is 12.5. The van der Waals surface area contributed by atoms with E-state index in [0.717, 1.165) is 19.6 Å². The lowest BCUT2D eigenvalue weighted by Crippen LogP contribution is -2.54. The van der Waals surface area contributed by atoms with Gasteiger partial charge >= 0.3 is 0 Å². The van der Waals surface area contributed by atoms with Gasteiger partial charge in [0.15, 0.2) is 0 Å². The minimum Gasteiger partial charge on any atom is -0.394 e. The number of anilines is 2. The van der Waals surface area contributed by atoms with Crippen molar-refractivity contribution in [1.82, 2.24) is 9.80 Å². The van der Waals surface area contributed by atoms with Crippen molar-refractivity contribution < 1.29 is 74.7 Å². The molecule has 0 aromatic heterocycles. The van der Waals surface area contributed by atoms with Crippen molar-refractivity contribution in [3.05, 3.63) is 43.7 Å². The largest absolute Gasteiger partial charge is 0.394 e. The van der Waals surface area contributed by atoms with Crippen LogP contribution in [0.2, 0.25) is 0 Å². The SMILES string of the molecule is NC(=O)c1c(I)c(C(=O)N(C(CO)CO)C(CO)CO)c(I)c(N(C=O)CC(O)CN(C=O)c2c(I)c(C(N)=O)c(I)c(C(=O)N(C(CO)CO)C(CO)CO)c2I)c1I. The first-order valence-corrected chi connectivity index (χ1v) is 23.4. The molecule has 2 rings (SSSR count). The van der Waals surface area contributed by atoms with Crippen LogP contribution in [0, 0.1) is 21.4 Å². The normalized spacial score (nSPS) is 11.5. The first-order chi connectivity index (χ1) is 28.3. The number of primary amides is 2. The zero-order valence-electron chi connectivity index (χ0n) is 30.8. The van der Waals surface area contributed by atoms with Crippen molar-refractivity contribution >= 4 is 183 Å². The van der Waals surface area contributed by atoms with Crippen LogP contribution in [0.15, 0.2) is 0 Å². The number of rotatable bonds is 24. The molecule has 0 atom stereocenters. The minimum absolute atomic E-state index is 0.00543. The van der Waals surface area contributed by atoms with Gasteiger partial charge in [0.25, 0.3) is 23.6 Å².